The number of aryl methyl sites for hydroxylation is 1. The van der Waals surface area contributed by atoms with Gasteiger partial charge in [-0.25, -0.2) is 4.79 Å². The van der Waals surface area contributed by atoms with Crippen LogP contribution in [0.1, 0.15) is 64.2 Å². The smallest absolute Gasteiger partial charge is 0.410 e. The summed E-state index contributed by atoms with van der Waals surface area (Å²) < 4.78 is 5.37. The van der Waals surface area contributed by atoms with Gasteiger partial charge >= 0.3 is 6.09 Å². The van der Waals surface area contributed by atoms with E-state index < -0.39 is 5.60 Å². The average molecular weight is 428 g/mol. The van der Waals surface area contributed by atoms with Gasteiger partial charge in [0, 0.05) is 38.1 Å². The van der Waals surface area contributed by atoms with Crippen LogP contribution in [-0.2, 0) is 11.2 Å². The van der Waals surface area contributed by atoms with Crippen molar-refractivity contribution in [1.29, 1.82) is 5.41 Å². The van der Waals surface area contributed by atoms with Crippen molar-refractivity contribution in [2.24, 2.45) is 17.8 Å². The van der Waals surface area contributed by atoms with Crippen molar-refractivity contribution in [1.82, 2.24) is 10.2 Å². The number of carbonyl (C=O) groups excluding carboxylic acids is 1. The maximum absolute atomic E-state index is 12.0. The maximum Gasteiger partial charge on any atom is 0.410 e. The maximum atomic E-state index is 12.0. The molecule has 0 spiro atoms. The summed E-state index contributed by atoms with van der Waals surface area (Å²) in [5.41, 5.74) is 4.08. The third kappa shape index (κ3) is 8.04. The Morgan fingerprint density at radius 3 is 2.58 bits per heavy atom. The van der Waals surface area contributed by atoms with Crippen LogP contribution in [0, 0.1) is 30.1 Å². The van der Waals surface area contributed by atoms with E-state index in [1.54, 1.807) is 11.9 Å². The molecule has 2 rings (SSSR count). The molecule has 1 fully saturated rings. The van der Waals surface area contributed by atoms with Crippen molar-refractivity contribution in [3.63, 3.8) is 0 Å². The van der Waals surface area contributed by atoms with E-state index in [4.69, 9.17) is 10.1 Å². The summed E-state index contributed by atoms with van der Waals surface area (Å²) in [7, 11) is 1.73. The fourth-order valence-electron chi connectivity index (χ4n) is 3.74. The fourth-order valence-corrected chi connectivity index (χ4v) is 3.74. The first-order valence-corrected chi connectivity index (χ1v) is 11.5. The summed E-state index contributed by atoms with van der Waals surface area (Å²) in [6, 6.07) is 6.48. The quantitative estimate of drug-likeness (QED) is 0.374. The molecule has 0 radical (unpaired) electrons. The second kappa shape index (κ2) is 10.8. The number of benzene rings is 1. The van der Waals surface area contributed by atoms with E-state index >= 15 is 0 Å². The summed E-state index contributed by atoms with van der Waals surface area (Å²) in [5, 5.41) is 11.1. The fraction of sp³-hybridized carbons (Fsp3) is 0.615. The van der Waals surface area contributed by atoms with Gasteiger partial charge in [-0.2, -0.15) is 0 Å². The number of allylic oxidation sites excluding steroid dienone is 1. The van der Waals surface area contributed by atoms with Crippen LogP contribution >= 0.6 is 0 Å². The minimum Gasteiger partial charge on any atom is -0.444 e. The second-order valence-corrected chi connectivity index (χ2v) is 10.1. The number of nitrogens with zero attached hydrogens (tertiary/aromatic N) is 1. The van der Waals surface area contributed by atoms with Gasteiger partial charge in [-0.1, -0.05) is 32.0 Å². The predicted molar refractivity (Wildman–Crippen MR) is 130 cm³/mol. The number of rotatable bonds is 10. The molecule has 1 saturated carbocycles. The molecule has 0 heterocycles. The number of hydrogen-bond donors (Lipinski definition) is 2. The van der Waals surface area contributed by atoms with Gasteiger partial charge in [0.15, 0.2) is 0 Å². The van der Waals surface area contributed by atoms with E-state index in [2.05, 4.69) is 44.3 Å². The monoisotopic (exact) mass is 427 g/mol. The number of nitrogens with one attached hydrogen (secondary N) is 2. The highest BCUT2D eigenvalue weighted by Crippen LogP contribution is 2.41. The first kappa shape index (κ1) is 25.0. The van der Waals surface area contributed by atoms with Crippen molar-refractivity contribution >= 4 is 17.9 Å². The standard InChI is InChI=1S/C26H41N3O2/c1-18-8-9-22(15-23(18)14-19(2)20(3)21-10-11-21)24(16-27)17-28-12-13-29(7)25(30)31-26(4,5)6/h8-9,15-17,19-21,27-28H,10-14H2,1-7H3/b24-17+,27-16?/t19?,20-/m1/s1. The molecule has 0 aromatic heterocycles. The summed E-state index contributed by atoms with van der Waals surface area (Å²) >= 11 is 0. The largest absolute Gasteiger partial charge is 0.444 e. The number of amides is 1. The molecule has 0 bridgehead atoms. The Kier molecular flexibility index (Phi) is 8.72. The van der Waals surface area contributed by atoms with Crippen LogP contribution in [0.5, 0.6) is 0 Å². The molecule has 0 saturated heterocycles. The Morgan fingerprint density at radius 2 is 2.00 bits per heavy atom. The van der Waals surface area contributed by atoms with E-state index in [0.717, 1.165) is 29.4 Å². The van der Waals surface area contributed by atoms with E-state index in [9.17, 15) is 4.79 Å². The van der Waals surface area contributed by atoms with Gasteiger partial charge in [0.2, 0.25) is 0 Å². The van der Waals surface area contributed by atoms with E-state index in [-0.39, 0.29) is 6.09 Å². The molecule has 0 aliphatic heterocycles. The van der Waals surface area contributed by atoms with Crippen LogP contribution in [0.2, 0.25) is 0 Å². The van der Waals surface area contributed by atoms with Gasteiger partial charge in [-0.3, -0.25) is 0 Å². The van der Waals surface area contributed by atoms with Crippen LogP contribution in [-0.4, -0.2) is 42.9 Å². The zero-order chi connectivity index (χ0) is 23.2. The highest BCUT2D eigenvalue weighted by Gasteiger charge is 2.31. The SMILES string of the molecule is Cc1ccc(/C(C=N)=C/NCCN(C)C(=O)OC(C)(C)C)cc1CC(C)[C@@H](C)C1CC1. The molecule has 1 aliphatic carbocycles. The lowest BCUT2D eigenvalue weighted by atomic mass is 9.84. The Balaban J connectivity index is 1.96. The second-order valence-electron chi connectivity index (χ2n) is 10.1. The lowest BCUT2D eigenvalue weighted by Crippen LogP contribution is -2.37. The molecule has 2 atom stereocenters. The van der Waals surface area contributed by atoms with E-state index in [1.807, 2.05) is 27.0 Å². The van der Waals surface area contributed by atoms with Crippen LogP contribution < -0.4 is 5.32 Å². The third-order valence-corrected chi connectivity index (χ3v) is 6.20. The van der Waals surface area contributed by atoms with Crippen molar-refractivity contribution < 1.29 is 9.53 Å². The van der Waals surface area contributed by atoms with Crippen molar-refractivity contribution in [2.75, 3.05) is 20.1 Å². The van der Waals surface area contributed by atoms with Crippen molar-refractivity contribution in [3.05, 3.63) is 41.1 Å². The van der Waals surface area contributed by atoms with Crippen LogP contribution in [0.3, 0.4) is 0 Å². The summed E-state index contributed by atoms with van der Waals surface area (Å²) in [4.78, 5) is 13.6. The van der Waals surface area contributed by atoms with Gasteiger partial charge in [0.25, 0.3) is 0 Å². The van der Waals surface area contributed by atoms with Crippen molar-refractivity contribution in [3.8, 4) is 0 Å². The molecular formula is C26H41N3O2. The van der Waals surface area contributed by atoms with Gasteiger partial charge in [-0.15, -0.1) is 0 Å². The average Bonchev–Trinajstić information content (AvgIpc) is 3.53. The molecule has 31 heavy (non-hydrogen) atoms. The minimum absolute atomic E-state index is 0.330. The van der Waals surface area contributed by atoms with Gasteiger partial charge in [0.1, 0.15) is 5.60 Å². The van der Waals surface area contributed by atoms with Gasteiger partial charge in [0.05, 0.1) is 0 Å². The molecule has 1 aromatic rings. The first-order valence-electron chi connectivity index (χ1n) is 11.5. The summed E-state index contributed by atoms with van der Waals surface area (Å²) in [5.74, 6) is 2.35. The molecule has 5 nitrogen and oxygen atoms in total. The van der Waals surface area contributed by atoms with Crippen LogP contribution in [0.25, 0.3) is 5.57 Å². The van der Waals surface area contributed by atoms with E-state index in [1.165, 1.54) is 30.2 Å². The highest BCUT2D eigenvalue weighted by molar-refractivity contribution is 6.08. The van der Waals surface area contributed by atoms with Gasteiger partial charge < -0.3 is 20.4 Å². The molecule has 1 amide bonds. The normalized spacial score (nSPS) is 16.4. The minimum atomic E-state index is -0.497. The zero-order valence-electron chi connectivity index (χ0n) is 20.4. The lowest BCUT2D eigenvalue weighted by Gasteiger charge is -2.24. The van der Waals surface area contributed by atoms with Crippen LogP contribution in [0.4, 0.5) is 4.79 Å². The number of carbonyl (C=O) groups is 1. The Labute approximate surface area is 188 Å². The summed E-state index contributed by atoms with van der Waals surface area (Å²) in [6.07, 6.45) is 6.77. The molecule has 1 aliphatic rings. The Bertz CT molecular complexity index is 790. The first-order chi connectivity index (χ1) is 14.5. The number of ether oxygens (including phenoxy) is 1. The van der Waals surface area contributed by atoms with E-state index in [0.29, 0.717) is 19.0 Å². The zero-order valence-corrected chi connectivity index (χ0v) is 20.4. The molecule has 1 unspecified atom stereocenters. The molecule has 2 N–H and O–H groups in total. The molecular weight excluding hydrogens is 386 g/mol. The molecule has 172 valence electrons. The van der Waals surface area contributed by atoms with Crippen LogP contribution in [0.15, 0.2) is 24.4 Å². The Morgan fingerprint density at radius 1 is 1.32 bits per heavy atom. The molecule has 5 heteroatoms. The van der Waals surface area contributed by atoms with Crippen molar-refractivity contribution in [2.45, 2.75) is 66.4 Å². The Hall–Kier alpha value is -2.30. The summed E-state index contributed by atoms with van der Waals surface area (Å²) in [6.45, 7) is 13.6. The number of likely N-dealkylation sites (N-methyl/N-ethyl adjacent to an activating group) is 1. The number of hydrogen-bond acceptors (Lipinski definition) is 4. The van der Waals surface area contributed by atoms with Gasteiger partial charge in [-0.05, 0) is 81.4 Å². The topological polar surface area (TPSA) is 65.4 Å². The third-order valence-electron chi connectivity index (χ3n) is 6.20. The molecule has 1 aromatic carbocycles. The highest BCUT2D eigenvalue weighted by atomic mass is 16.6. The lowest BCUT2D eigenvalue weighted by molar-refractivity contribution is 0.0302. The predicted octanol–water partition coefficient (Wildman–Crippen LogP) is 5.67.